The average molecular weight is 584 g/mol. The van der Waals surface area contributed by atoms with Gasteiger partial charge in [0, 0.05) is 51.3 Å². The second-order valence-electron chi connectivity index (χ2n) is 9.05. The molecular weight excluding hydrogens is 554 g/mol. The lowest BCUT2D eigenvalue weighted by atomic mass is 9.97. The minimum absolute atomic E-state index is 0.303. The molecule has 0 radical (unpaired) electrons. The fourth-order valence-corrected chi connectivity index (χ4v) is 5.50. The Hall–Kier alpha value is -4.30. The number of benzene rings is 1. The normalized spacial score (nSPS) is 21.9. The maximum absolute atomic E-state index is 12.3. The van der Waals surface area contributed by atoms with Crippen molar-refractivity contribution in [3.05, 3.63) is 54.9 Å². The number of rotatable bonds is 9. The Balaban J connectivity index is 1.79. The highest BCUT2D eigenvalue weighted by Gasteiger charge is 2.51. The van der Waals surface area contributed by atoms with Gasteiger partial charge in [-0.15, -0.1) is 10.2 Å². The van der Waals surface area contributed by atoms with Gasteiger partial charge in [0.15, 0.2) is 23.2 Å². The molecule has 1 aliphatic heterocycles. The van der Waals surface area contributed by atoms with Crippen LogP contribution in [0.15, 0.2) is 60.0 Å². The first kappa shape index (κ1) is 29.7. The van der Waals surface area contributed by atoms with E-state index in [1.807, 2.05) is 34.9 Å². The zero-order valence-electron chi connectivity index (χ0n) is 22.8. The number of hydrogen-bond donors (Lipinski definition) is 1. The molecule has 1 fully saturated rings. The van der Waals surface area contributed by atoms with E-state index in [2.05, 4.69) is 20.5 Å². The molecule has 0 aliphatic carbocycles. The topological polar surface area (TPSA) is 161 Å². The summed E-state index contributed by atoms with van der Waals surface area (Å²) in [6.07, 6.45) is -0.130. The lowest BCUT2D eigenvalue weighted by molar-refractivity contribution is -0.211. The maximum atomic E-state index is 12.3. The molecule has 14 heteroatoms. The number of esters is 3. The van der Waals surface area contributed by atoms with Gasteiger partial charge in [-0.25, -0.2) is 0 Å². The summed E-state index contributed by atoms with van der Waals surface area (Å²) < 4.78 is 24.4. The van der Waals surface area contributed by atoms with Crippen molar-refractivity contribution < 1.29 is 38.1 Å². The summed E-state index contributed by atoms with van der Waals surface area (Å²) >= 11 is 1.11. The fraction of sp³-hybridized carbons (Fsp3) is 0.370. The van der Waals surface area contributed by atoms with Gasteiger partial charge in [-0.1, -0.05) is 30.0 Å². The van der Waals surface area contributed by atoms with Crippen LogP contribution in [0.25, 0.3) is 17.1 Å². The summed E-state index contributed by atoms with van der Waals surface area (Å²) in [5.74, 6) is -1.85. The first-order chi connectivity index (χ1) is 19.6. The van der Waals surface area contributed by atoms with Crippen LogP contribution in [0, 0.1) is 0 Å². The molecule has 0 bridgehead atoms. The predicted octanol–water partition coefficient (Wildman–Crippen LogP) is 2.08. The van der Waals surface area contributed by atoms with E-state index < -0.39 is 53.6 Å². The molecule has 5 atom stereocenters. The molecule has 3 aromatic rings. The van der Waals surface area contributed by atoms with Crippen molar-refractivity contribution in [1.29, 1.82) is 0 Å². The predicted molar refractivity (Wildman–Crippen MR) is 144 cm³/mol. The Morgan fingerprint density at radius 2 is 1.56 bits per heavy atom. The molecule has 1 N–H and O–H groups in total. The van der Waals surface area contributed by atoms with Crippen molar-refractivity contribution in [3.63, 3.8) is 0 Å². The van der Waals surface area contributed by atoms with E-state index in [1.165, 1.54) is 27.7 Å². The van der Waals surface area contributed by atoms with Crippen molar-refractivity contribution in [2.75, 3.05) is 6.61 Å². The van der Waals surface area contributed by atoms with Crippen LogP contribution in [0.4, 0.5) is 0 Å². The maximum Gasteiger partial charge on any atom is 0.303 e. The summed E-state index contributed by atoms with van der Waals surface area (Å²) in [4.78, 5) is 52.2. The molecular formula is C27H29N5O8S. The highest BCUT2D eigenvalue weighted by Crippen LogP contribution is 2.37. The second kappa shape index (κ2) is 13.4. The number of nitrogens with one attached hydrogen (secondary N) is 1. The third kappa shape index (κ3) is 7.46. The molecule has 0 unspecified atom stereocenters. The van der Waals surface area contributed by atoms with Crippen molar-refractivity contribution in [1.82, 2.24) is 25.1 Å². The first-order valence-electron chi connectivity index (χ1n) is 12.6. The lowest BCUT2D eigenvalue weighted by Gasteiger charge is -2.44. The number of aromatic nitrogens is 4. The summed E-state index contributed by atoms with van der Waals surface area (Å²) in [6, 6.07) is 12.0. The first-order valence-corrected chi connectivity index (χ1v) is 13.5. The van der Waals surface area contributed by atoms with Gasteiger partial charge in [0.25, 0.3) is 0 Å². The fourth-order valence-electron chi connectivity index (χ4n) is 4.34. The van der Waals surface area contributed by atoms with E-state index in [9.17, 15) is 19.2 Å². The number of carbonyl (C=O) groups is 4. The zero-order valence-corrected chi connectivity index (χ0v) is 23.6. The number of nitrogens with zero attached hydrogens (tertiary/aromatic N) is 4. The van der Waals surface area contributed by atoms with Gasteiger partial charge in [0.2, 0.25) is 5.91 Å². The Kier molecular flexibility index (Phi) is 9.68. The number of hydrogen-bond acceptors (Lipinski definition) is 12. The molecule has 13 nitrogen and oxygen atoms in total. The van der Waals surface area contributed by atoms with Crippen molar-refractivity contribution in [2.45, 2.75) is 62.6 Å². The molecule has 0 saturated carbocycles. The van der Waals surface area contributed by atoms with Crippen LogP contribution < -0.4 is 5.32 Å². The number of pyridine rings is 1. The van der Waals surface area contributed by atoms with Crippen LogP contribution in [0.1, 0.15) is 27.7 Å². The summed E-state index contributed by atoms with van der Waals surface area (Å²) in [7, 11) is 0. The van der Waals surface area contributed by atoms with Crippen LogP contribution in [0.3, 0.4) is 0 Å². The van der Waals surface area contributed by atoms with Crippen molar-refractivity contribution in [2.24, 2.45) is 0 Å². The molecule has 1 aliphatic rings. The minimum Gasteiger partial charge on any atom is -0.463 e. The number of amides is 1. The van der Waals surface area contributed by atoms with E-state index in [-0.39, 0.29) is 6.61 Å². The average Bonchev–Trinajstić information content (AvgIpc) is 3.34. The van der Waals surface area contributed by atoms with E-state index in [0.717, 1.165) is 23.0 Å². The van der Waals surface area contributed by atoms with Gasteiger partial charge in [-0.05, 0) is 24.3 Å². The lowest BCUT2D eigenvalue weighted by Crippen LogP contribution is -2.65. The largest absolute Gasteiger partial charge is 0.463 e. The molecule has 1 amide bonds. The van der Waals surface area contributed by atoms with Gasteiger partial charge in [-0.2, -0.15) is 0 Å². The Labute approximate surface area is 239 Å². The number of thioether (sulfide) groups is 1. The van der Waals surface area contributed by atoms with Crippen LogP contribution in [-0.4, -0.2) is 80.0 Å². The van der Waals surface area contributed by atoms with Crippen molar-refractivity contribution >= 4 is 35.6 Å². The van der Waals surface area contributed by atoms with Crippen LogP contribution in [0.2, 0.25) is 0 Å². The standard InChI is InChI=1S/C27H29N5O8S/c1-15(33)29-22-24(39-18(4)36)23(38-17(3)35)21(14-37-16(2)34)40-26(22)41-27-31-30-25(19-10-12-28-13-11-19)32(27)20-8-6-5-7-9-20/h5-13,21-24,26H,14H2,1-4H3,(H,29,33)/t21-,22-,23-,24-,26+/m1/s1. The van der Waals surface area contributed by atoms with E-state index in [1.54, 1.807) is 24.5 Å². The second-order valence-corrected chi connectivity index (χ2v) is 10.1. The number of carbonyl (C=O) groups excluding carboxylic acids is 4. The Morgan fingerprint density at radius 1 is 0.902 bits per heavy atom. The van der Waals surface area contributed by atoms with Crippen LogP contribution in [0.5, 0.6) is 0 Å². The molecule has 0 spiro atoms. The Bertz CT molecular complexity index is 1390. The highest BCUT2D eigenvalue weighted by molar-refractivity contribution is 7.99. The van der Waals surface area contributed by atoms with Gasteiger partial charge in [-0.3, -0.25) is 28.7 Å². The smallest absolute Gasteiger partial charge is 0.303 e. The molecule has 3 heterocycles. The molecule has 1 aromatic carbocycles. The SMILES string of the molecule is CC(=O)N[C@@H]1[C@@H](OC(C)=O)[C@H](OC(C)=O)[C@@H](COC(C)=O)O[C@H]1Sc1nnc(-c2ccncc2)n1-c1ccccc1. The van der Waals surface area contributed by atoms with Crippen molar-refractivity contribution in [3.8, 4) is 17.1 Å². The number of ether oxygens (including phenoxy) is 4. The molecule has 4 rings (SSSR count). The summed E-state index contributed by atoms with van der Waals surface area (Å²) in [6.45, 7) is 4.60. The van der Waals surface area contributed by atoms with E-state index in [4.69, 9.17) is 18.9 Å². The third-order valence-corrected chi connectivity index (χ3v) is 6.99. The van der Waals surface area contributed by atoms with Gasteiger partial charge in [0.1, 0.15) is 24.2 Å². The number of para-hydroxylation sites is 1. The Morgan fingerprint density at radius 3 is 2.17 bits per heavy atom. The summed E-state index contributed by atoms with van der Waals surface area (Å²) in [5.41, 5.74) is 0.559. The molecule has 41 heavy (non-hydrogen) atoms. The van der Waals surface area contributed by atoms with Crippen LogP contribution >= 0.6 is 11.8 Å². The van der Waals surface area contributed by atoms with Gasteiger partial charge >= 0.3 is 17.9 Å². The quantitative estimate of drug-likeness (QED) is 0.289. The molecule has 216 valence electrons. The molecule has 2 aromatic heterocycles. The highest BCUT2D eigenvalue weighted by atomic mass is 32.2. The monoisotopic (exact) mass is 583 g/mol. The summed E-state index contributed by atoms with van der Waals surface area (Å²) in [5, 5.41) is 12.0. The van der Waals surface area contributed by atoms with Gasteiger partial charge < -0.3 is 24.3 Å². The third-order valence-electron chi connectivity index (χ3n) is 5.88. The zero-order chi connectivity index (χ0) is 29.5. The molecule has 1 saturated heterocycles. The minimum atomic E-state index is -1.19. The van der Waals surface area contributed by atoms with Gasteiger partial charge in [0.05, 0.1) is 0 Å². The van der Waals surface area contributed by atoms with E-state index in [0.29, 0.717) is 11.0 Å². The van der Waals surface area contributed by atoms with E-state index >= 15 is 0 Å². The van der Waals surface area contributed by atoms with Crippen LogP contribution in [-0.2, 0) is 38.1 Å².